The largest absolute Gasteiger partial charge is 0.493 e. The third-order valence-corrected chi connectivity index (χ3v) is 6.62. The van der Waals surface area contributed by atoms with Gasteiger partial charge in [-0.25, -0.2) is 0 Å². The lowest BCUT2D eigenvalue weighted by Crippen LogP contribution is -2.37. The molecule has 198 valence electrons. The fourth-order valence-electron chi connectivity index (χ4n) is 4.88. The molecule has 0 radical (unpaired) electrons. The maximum Gasteiger partial charge on any atom is 0.267 e. The van der Waals surface area contributed by atoms with E-state index in [2.05, 4.69) is 10.3 Å². The Balaban J connectivity index is 1.52. The van der Waals surface area contributed by atoms with Crippen molar-refractivity contribution < 1.29 is 23.7 Å². The van der Waals surface area contributed by atoms with Gasteiger partial charge in [0.15, 0.2) is 17.6 Å². The molecule has 0 aliphatic rings. The Morgan fingerprint density at radius 1 is 1.03 bits per heavy atom. The summed E-state index contributed by atoms with van der Waals surface area (Å²) in [6, 6.07) is 11.0. The highest BCUT2D eigenvalue weighted by Crippen LogP contribution is 2.39. The van der Waals surface area contributed by atoms with Crippen LogP contribution >= 0.6 is 0 Å². The number of pyridine rings is 2. The van der Waals surface area contributed by atoms with Crippen molar-refractivity contribution in [2.45, 2.75) is 39.4 Å². The molecule has 38 heavy (non-hydrogen) atoms. The van der Waals surface area contributed by atoms with Crippen LogP contribution in [0.25, 0.3) is 38.1 Å². The van der Waals surface area contributed by atoms with Gasteiger partial charge in [-0.05, 0) is 63.6 Å². The number of aromatic nitrogens is 2. The first-order chi connectivity index (χ1) is 18.3. The molecule has 1 amide bonds. The van der Waals surface area contributed by atoms with Crippen molar-refractivity contribution in [3.63, 3.8) is 0 Å². The summed E-state index contributed by atoms with van der Waals surface area (Å²) in [5, 5.41) is 5.67. The van der Waals surface area contributed by atoms with Gasteiger partial charge in [-0.2, -0.15) is 0 Å². The van der Waals surface area contributed by atoms with Crippen LogP contribution in [-0.4, -0.2) is 54.9 Å². The van der Waals surface area contributed by atoms with E-state index < -0.39 is 6.10 Å². The Morgan fingerprint density at radius 3 is 2.58 bits per heavy atom. The molecule has 1 unspecified atom stereocenters. The van der Waals surface area contributed by atoms with Crippen LogP contribution in [0.2, 0.25) is 0 Å². The maximum absolute atomic E-state index is 13.9. The lowest BCUT2D eigenvalue weighted by Gasteiger charge is -2.15. The summed E-state index contributed by atoms with van der Waals surface area (Å²) >= 11 is 0. The average Bonchev–Trinajstić information content (AvgIpc) is 3.25. The van der Waals surface area contributed by atoms with Gasteiger partial charge in [0, 0.05) is 35.5 Å². The van der Waals surface area contributed by atoms with E-state index in [1.807, 2.05) is 38.1 Å². The van der Waals surface area contributed by atoms with Crippen molar-refractivity contribution in [1.29, 1.82) is 0 Å². The number of nitrogens with one attached hydrogen (secondary N) is 1. The lowest BCUT2D eigenvalue weighted by atomic mass is 10.1. The third-order valence-electron chi connectivity index (χ3n) is 6.62. The molecule has 3 aromatic heterocycles. The summed E-state index contributed by atoms with van der Waals surface area (Å²) in [5.74, 6) is 1.18. The first-order valence-corrected chi connectivity index (χ1v) is 12.6. The van der Waals surface area contributed by atoms with Crippen molar-refractivity contribution >= 4 is 44.0 Å². The van der Waals surface area contributed by atoms with E-state index in [0.717, 1.165) is 22.7 Å². The summed E-state index contributed by atoms with van der Waals surface area (Å²) in [6.45, 7) is 6.77. The molecule has 0 saturated carbocycles. The van der Waals surface area contributed by atoms with Gasteiger partial charge >= 0.3 is 0 Å². The van der Waals surface area contributed by atoms with E-state index in [1.165, 1.54) is 14.2 Å². The smallest absolute Gasteiger partial charge is 0.267 e. The van der Waals surface area contributed by atoms with Crippen LogP contribution in [0, 0.1) is 0 Å². The molecule has 5 rings (SSSR count). The van der Waals surface area contributed by atoms with Gasteiger partial charge in [-0.3, -0.25) is 19.0 Å². The highest BCUT2D eigenvalue weighted by molar-refractivity contribution is 6.19. The number of rotatable bonds is 10. The van der Waals surface area contributed by atoms with E-state index in [4.69, 9.17) is 18.9 Å². The molecule has 5 aromatic rings. The minimum atomic E-state index is -0.692. The second kappa shape index (κ2) is 10.3. The fraction of sp³-hybridized carbons (Fsp3) is 0.345. The number of fused-ring (bicyclic) bond motifs is 5. The molecule has 9 heteroatoms. The molecule has 0 spiro atoms. The molecule has 2 aromatic carbocycles. The summed E-state index contributed by atoms with van der Waals surface area (Å²) in [4.78, 5) is 31.0. The zero-order valence-electron chi connectivity index (χ0n) is 22.2. The van der Waals surface area contributed by atoms with E-state index in [1.54, 1.807) is 29.7 Å². The van der Waals surface area contributed by atoms with Crippen molar-refractivity contribution in [3.8, 4) is 17.2 Å². The van der Waals surface area contributed by atoms with Crippen molar-refractivity contribution in [2.75, 3.05) is 27.4 Å². The van der Waals surface area contributed by atoms with Gasteiger partial charge in [0.05, 0.1) is 42.3 Å². The van der Waals surface area contributed by atoms with Gasteiger partial charge in [0.1, 0.15) is 5.75 Å². The van der Waals surface area contributed by atoms with Gasteiger partial charge in [0.25, 0.3) is 11.5 Å². The van der Waals surface area contributed by atoms with Crippen LogP contribution in [-0.2, 0) is 9.53 Å². The number of ether oxygens (including phenoxy) is 4. The van der Waals surface area contributed by atoms with Gasteiger partial charge < -0.3 is 24.3 Å². The molecular formula is C29H31N3O6. The average molecular weight is 518 g/mol. The number of benzene rings is 2. The van der Waals surface area contributed by atoms with Crippen molar-refractivity contribution in [1.82, 2.24) is 14.7 Å². The number of carbonyl (C=O) groups is 1. The SMILES string of the molecule is COc1ccc2c(c1OC)c(=O)n1c3ccc(OC(C)C(=O)NCCCOC(C)C)cc3c3ccnc2c31. The van der Waals surface area contributed by atoms with Crippen LogP contribution in [0.3, 0.4) is 0 Å². The molecule has 0 saturated heterocycles. The van der Waals surface area contributed by atoms with E-state index >= 15 is 0 Å². The van der Waals surface area contributed by atoms with Gasteiger partial charge in [-0.15, -0.1) is 0 Å². The predicted molar refractivity (Wildman–Crippen MR) is 147 cm³/mol. The van der Waals surface area contributed by atoms with E-state index in [-0.39, 0.29) is 17.6 Å². The van der Waals surface area contributed by atoms with Crippen LogP contribution in [0.15, 0.2) is 47.4 Å². The monoisotopic (exact) mass is 517 g/mol. The van der Waals surface area contributed by atoms with Crippen LogP contribution in [0.1, 0.15) is 27.2 Å². The maximum atomic E-state index is 13.9. The molecule has 0 bridgehead atoms. The quantitative estimate of drug-likeness (QED) is 0.218. The molecule has 3 heterocycles. The zero-order chi connectivity index (χ0) is 27.0. The first kappa shape index (κ1) is 25.5. The third kappa shape index (κ3) is 4.32. The van der Waals surface area contributed by atoms with Crippen LogP contribution < -0.4 is 25.1 Å². The van der Waals surface area contributed by atoms with Gasteiger partial charge in [-0.1, -0.05) is 0 Å². The standard InChI is InChI=1S/C29H31N3O6/c1-16(2)37-14-6-12-31-28(33)17(3)38-18-7-9-22-21(15-18)19-11-13-30-25-20-8-10-23(35-4)27(36-5)24(20)29(34)32(22)26(19)25/h7-11,13,15-17H,6,12,14H2,1-5H3,(H,31,33). The molecule has 0 aliphatic heterocycles. The minimum absolute atomic E-state index is 0.166. The molecule has 9 nitrogen and oxygen atoms in total. The Labute approximate surface area is 219 Å². The Bertz CT molecular complexity index is 1690. The number of hydrogen-bond donors (Lipinski definition) is 1. The summed E-state index contributed by atoms with van der Waals surface area (Å²) in [6.07, 6.45) is 1.93. The highest BCUT2D eigenvalue weighted by Gasteiger charge is 2.23. The number of methoxy groups -OCH3 is 2. The summed E-state index contributed by atoms with van der Waals surface area (Å²) in [7, 11) is 3.06. The zero-order valence-corrected chi connectivity index (χ0v) is 22.2. The normalized spacial score (nSPS) is 12.6. The lowest BCUT2D eigenvalue weighted by molar-refractivity contribution is -0.127. The highest BCUT2D eigenvalue weighted by atomic mass is 16.5. The molecule has 1 atom stereocenters. The molecular weight excluding hydrogens is 486 g/mol. The summed E-state index contributed by atoms with van der Waals surface area (Å²) < 4.78 is 24.2. The van der Waals surface area contributed by atoms with Crippen LogP contribution in [0.5, 0.6) is 17.2 Å². The molecule has 1 N–H and O–H groups in total. The Kier molecular flexibility index (Phi) is 6.94. The number of hydrogen-bond acceptors (Lipinski definition) is 7. The second-order valence-corrected chi connectivity index (χ2v) is 9.42. The number of nitrogens with zero attached hydrogens (tertiary/aromatic N) is 2. The van der Waals surface area contributed by atoms with E-state index in [0.29, 0.717) is 52.2 Å². The predicted octanol–water partition coefficient (Wildman–Crippen LogP) is 4.31. The van der Waals surface area contributed by atoms with E-state index in [9.17, 15) is 9.59 Å². The minimum Gasteiger partial charge on any atom is -0.493 e. The number of amides is 1. The van der Waals surface area contributed by atoms with Crippen molar-refractivity contribution in [2.24, 2.45) is 0 Å². The molecule has 0 fully saturated rings. The Hall–Kier alpha value is -4.11. The topological polar surface area (TPSA) is 100 Å². The second-order valence-electron chi connectivity index (χ2n) is 9.42. The Morgan fingerprint density at radius 2 is 1.84 bits per heavy atom. The summed E-state index contributed by atoms with van der Waals surface area (Å²) in [5.41, 5.74) is 1.90. The first-order valence-electron chi connectivity index (χ1n) is 12.6. The van der Waals surface area contributed by atoms with Crippen molar-refractivity contribution in [3.05, 3.63) is 52.9 Å². The van der Waals surface area contributed by atoms with Gasteiger partial charge in [0.2, 0.25) is 0 Å². The fourth-order valence-corrected chi connectivity index (χ4v) is 4.88. The number of carbonyl (C=O) groups excluding carboxylic acids is 1. The molecule has 0 aliphatic carbocycles. The van der Waals surface area contributed by atoms with Crippen LogP contribution in [0.4, 0.5) is 0 Å².